The summed E-state index contributed by atoms with van der Waals surface area (Å²) in [6.07, 6.45) is 3.22. The summed E-state index contributed by atoms with van der Waals surface area (Å²) in [5.74, 6) is 2.01. The van der Waals surface area contributed by atoms with E-state index in [9.17, 15) is 0 Å². The lowest BCUT2D eigenvalue weighted by Gasteiger charge is -2.20. The number of rotatable bonds is 7. The Morgan fingerprint density at radius 3 is 2.58 bits per heavy atom. The molecule has 0 unspecified atom stereocenters. The van der Waals surface area contributed by atoms with Crippen molar-refractivity contribution in [3.63, 3.8) is 0 Å². The molecule has 0 saturated carbocycles. The van der Waals surface area contributed by atoms with Gasteiger partial charge in [-0.3, -0.25) is 0 Å². The number of nitrogens with zero attached hydrogens (tertiary/aromatic N) is 3. The molecule has 1 aromatic carbocycles. The van der Waals surface area contributed by atoms with Crippen LogP contribution in [0.5, 0.6) is 0 Å². The van der Waals surface area contributed by atoms with Crippen LogP contribution in [0.3, 0.4) is 0 Å². The van der Waals surface area contributed by atoms with E-state index < -0.39 is 0 Å². The number of nitrogens with one attached hydrogen (secondary N) is 2. The average Bonchev–Trinajstić information content (AvgIpc) is 2.58. The molecule has 0 atom stereocenters. The molecule has 2 rings (SSSR count). The first-order valence-electron chi connectivity index (χ1n) is 8.07. The molecule has 5 heteroatoms. The van der Waals surface area contributed by atoms with E-state index in [1.165, 1.54) is 6.21 Å². The Labute approximate surface area is 144 Å². The van der Waals surface area contributed by atoms with Crippen LogP contribution >= 0.6 is 0 Å². The molecule has 0 saturated heterocycles. The highest BCUT2D eigenvalue weighted by molar-refractivity contribution is 5.78. The van der Waals surface area contributed by atoms with Gasteiger partial charge in [0.05, 0.1) is 0 Å². The van der Waals surface area contributed by atoms with Gasteiger partial charge in [0, 0.05) is 54.9 Å². The first-order valence-corrected chi connectivity index (χ1v) is 8.07. The maximum Gasteiger partial charge on any atom is 0.133 e. The van der Waals surface area contributed by atoms with E-state index in [-0.39, 0.29) is 5.92 Å². The molecule has 0 aliphatic heterocycles. The second-order valence-electron chi connectivity index (χ2n) is 6.11. The summed E-state index contributed by atoms with van der Waals surface area (Å²) < 4.78 is 0. The molecule has 126 valence electrons. The summed E-state index contributed by atoms with van der Waals surface area (Å²) in [6.45, 7) is 6.75. The highest BCUT2D eigenvalue weighted by atomic mass is 15.2. The number of para-hydroxylation sites is 1. The van der Waals surface area contributed by atoms with Crippen LogP contribution in [-0.4, -0.2) is 29.8 Å². The van der Waals surface area contributed by atoms with Crippen LogP contribution in [0.25, 0.3) is 0 Å². The second kappa shape index (κ2) is 8.24. The lowest BCUT2D eigenvalue weighted by Crippen LogP contribution is -2.23. The van der Waals surface area contributed by atoms with Gasteiger partial charge in [-0.15, -0.1) is 0 Å². The zero-order valence-corrected chi connectivity index (χ0v) is 14.7. The molecule has 5 nitrogen and oxygen atoms in total. The molecule has 0 spiro atoms. The Kier molecular flexibility index (Phi) is 6.07. The van der Waals surface area contributed by atoms with Crippen LogP contribution in [0.2, 0.25) is 0 Å². The predicted molar refractivity (Wildman–Crippen MR) is 101 cm³/mol. The number of aromatic nitrogens is 2. The van der Waals surface area contributed by atoms with Crippen molar-refractivity contribution in [1.82, 2.24) is 9.97 Å². The van der Waals surface area contributed by atoms with Crippen LogP contribution in [0, 0.1) is 12.3 Å². The van der Waals surface area contributed by atoms with E-state index in [0.29, 0.717) is 6.54 Å². The Bertz CT molecular complexity index is 707. The number of likely N-dealkylation sites (N-methyl/N-ethyl adjacent to an activating group) is 1. The number of anilines is 2. The summed E-state index contributed by atoms with van der Waals surface area (Å²) in [7, 11) is 1.98. The quantitative estimate of drug-likeness (QED) is 0.756. The summed E-state index contributed by atoms with van der Waals surface area (Å²) in [5, 5.41) is 10.9. The minimum atomic E-state index is 0.287. The lowest BCUT2D eigenvalue weighted by atomic mass is 10.2. The van der Waals surface area contributed by atoms with Crippen molar-refractivity contribution in [3.8, 4) is 0 Å². The van der Waals surface area contributed by atoms with E-state index in [0.717, 1.165) is 28.6 Å². The van der Waals surface area contributed by atoms with Crippen LogP contribution in [0.15, 0.2) is 48.2 Å². The monoisotopic (exact) mass is 323 g/mol. The third-order valence-corrected chi connectivity index (χ3v) is 3.57. The molecule has 0 fully saturated rings. The zero-order chi connectivity index (χ0) is 17.5. The third kappa shape index (κ3) is 4.91. The van der Waals surface area contributed by atoms with E-state index in [2.05, 4.69) is 29.1 Å². The number of hydrogen-bond donors (Lipinski definition) is 2. The van der Waals surface area contributed by atoms with Crippen LogP contribution in [-0.2, 0) is 0 Å². The molecule has 1 aromatic heterocycles. The summed E-state index contributed by atoms with van der Waals surface area (Å²) in [5.41, 5.74) is 2.82. The standard InChI is InChI=1S/C19H25N5/c1-14(2)19-22-15(3)10-18(23-19)24(4)13-16(11-20)12-21-17-8-6-5-7-9-17/h5-12,14,20-21H,13H2,1-4H3/b16-12+,20-11?. The van der Waals surface area contributed by atoms with Crippen molar-refractivity contribution < 1.29 is 0 Å². The van der Waals surface area contributed by atoms with Crippen molar-refractivity contribution in [2.24, 2.45) is 0 Å². The van der Waals surface area contributed by atoms with Gasteiger partial charge in [0.1, 0.15) is 11.6 Å². The fourth-order valence-electron chi connectivity index (χ4n) is 2.23. The fraction of sp³-hybridized carbons (Fsp3) is 0.316. The maximum absolute atomic E-state index is 7.64. The second-order valence-corrected chi connectivity index (χ2v) is 6.11. The number of benzene rings is 1. The zero-order valence-electron chi connectivity index (χ0n) is 14.7. The molecule has 2 aromatic rings. The van der Waals surface area contributed by atoms with Gasteiger partial charge >= 0.3 is 0 Å². The van der Waals surface area contributed by atoms with Gasteiger partial charge in [0.15, 0.2) is 0 Å². The largest absolute Gasteiger partial charge is 0.361 e. The molecule has 24 heavy (non-hydrogen) atoms. The van der Waals surface area contributed by atoms with Gasteiger partial charge < -0.3 is 15.6 Å². The third-order valence-electron chi connectivity index (χ3n) is 3.57. The van der Waals surface area contributed by atoms with Crippen molar-refractivity contribution in [1.29, 1.82) is 5.41 Å². The highest BCUT2D eigenvalue weighted by Gasteiger charge is 2.10. The normalized spacial score (nSPS) is 11.5. The predicted octanol–water partition coefficient (Wildman–Crippen LogP) is 3.99. The molecular weight excluding hydrogens is 298 g/mol. The summed E-state index contributed by atoms with van der Waals surface area (Å²) >= 11 is 0. The van der Waals surface area contributed by atoms with Gasteiger partial charge in [0.25, 0.3) is 0 Å². The average molecular weight is 323 g/mol. The van der Waals surface area contributed by atoms with Crippen molar-refractivity contribution in [3.05, 3.63) is 59.7 Å². The highest BCUT2D eigenvalue weighted by Crippen LogP contribution is 2.17. The van der Waals surface area contributed by atoms with Gasteiger partial charge in [-0.25, -0.2) is 9.97 Å². The van der Waals surface area contributed by atoms with E-state index in [1.54, 1.807) is 0 Å². The van der Waals surface area contributed by atoms with Gasteiger partial charge in [-0.05, 0) is 19.1 Å². The lowest BCUT2D eigenvalue weighted by molar-refractivity contribution is 0.759. The summed E-state index contributed by atoms with van der Waals surface area (Å²) in [4.78, 5) is 11.1. The van der Waals surface area contributed by atoms with Crippen LogP contribution in [0.4, 0.5) is 11.5 Å². The van der Waals surface area contributed by atoms with Crippen LogP contribution in [0.1, 0.15) is 31.3 Å². The summed E-state index contributed by atoms with van der Waals surface area (Å²) in [6, 6.07) is 11.9. The van der Waals surface area contributed by atoms with E-state index >= 15 is 0 Å². The van der Waals surface area contributed by atoms with Gasteiger partial charge in [0.2, 0.25) is 0 Å². The van der Waals surface area contributed by atoms with Crippen molar-refractivity contribution in [2.75, 3.05) is 23.8 Å². The first-order chi connectivity index (χ1) is 11.5. The van der Waals surface area contributed by atoms with E-state index in [4.69, 9.17) is 5.41 Å². The molecule has 0 amide bonds. The number of aryl methyl sites for hydroxylation is 1. The smallest absolute Gasteiger partial charge is 0.133 e. The Balaban J connectivity index is 2.11. The Hall–Kier alpha value is -2.69. The van der Waals surface area contributed by atoms with Crippen molar-refractivity contribution in [2.45, 2.75) is 26.7 Å². The Morgan fingerprint density at radius 1 is 1.25 bits per heavy atom. The van der Waals surface area contributed by atoms with E-state index in [1.807, 2.05) is 61.5 Å². The molecule has 1 heterocycles. The molecule has 0 bridgehead atoms. The SMILES string of the molecule is Cc1cc(N(C)C/C(C=N)=C/Nc2ccccc2)nc(C(C)C)n1. The molecule has 0 radical (unpaired) electrons. The molecule has 0 aliphatic carbocycles. The van der Waals surface area contributed by atoms with Gasteiger partial charge in [-0.1, -0.05) is 32.0 Å². The van der Waals surface area contributed by atoms with Crippen LogP contribution < -0.4 is 10.2 Å². The fourth-order valence-corrected chi connectivity index (χ4v) is 2.23. The molecular formula is C19H25N5. The molecule has 2 N–H and O–H groups in total. The van der Waals surface area contributed by atoms with Gasteiger partial charge in [-0.2, -0.15) is 0 Å². The topological polar surface area (TPSA) is 64.9 Å². The molecule has 0 aliphatic rings. The van der Waals surface area contributed by atoms with Crippen molar-refractivity contribution >= 4 is 17.7 Å². The first kappa shape index (κ1) is 17.7. The maximum atomic E-state index is 7.64. The Morgan fingerprint density at radius 2 is 1.96 bits per heavy atom. The number of hydrogen-bond acceptors (Lipinski definition) is 5. The minimum Gasteiger partial charge on any atom is -0.361 e. The minimum absolute atomic E-state index is 0.287.